The Morgan fingerprint density at radius 1 is 0.810 bits per heavy atom. The fraction of sp³-hybridized carbons (Fsp3) is 0.722. The van der Waals surface area contributed by atoms with Gasteiger partial charge in [-0.2, -0.15) is 0 Å². The van der Waals surface area contributed by atoms with Gasteiger partial charge in [0.05, 0.1) is 0 Å². The predicted molar refractivity (Wildman–Crippen MR) is 86.9 cm³/mol. The minimum atomic E-state index is 0.319. The lowest BCUT2D eigenvalue weighted by molar-refractivity contribution is 0.283. The van der Waals surface area contributed by atoms with Gasteiger partial charge in [-0.15, -0.1) is 0 Å². The molecule has 0 aromatic carbocycles. The molecule has 3 rings (SSSR count). The smallest absolute Gasteiger partial charge is 0.0459 e. The number of anilines is 1. The van der Waals surface area contributed by atoms with Crippen molar-refractivity contribution in [1.29, 1.82) is 0 Å². The van der Waals surface area contributed by atoms with Gasteiger partial charge in [0.2, 0.25) is 0 Å². The van der Waals surface area contributed by atoms with E-state index in [-0.39, 0.29) is 0 Å². The third-order valence-electron chi connectivity index (χ3n) is 4.89. The van der Waals surface area contributed by atoms with E-state index < -0.39 is 0 Å². The molecule has 2 aliphatic rings. The van der Waals surface area contributed by atoms with E-state index in [0.29, 0.717) is 6.61 Å². The highest BCUT2D eigenvalue weighted by Gasteiger charge is 2.22. The van der Waals surface area contributed by atoms with E-state index in [2.05, 4.69) is 5.32 Å². The molecule has 2 N–H and O–H groups in total. The summed E-state index contributed by atoms with van der Waals surface area (Å²) in [5.74, 6) is 0. The lowest BCUT2D eigenvalue weighted by atomic mass is 9.87. The van der Waals surface area contributed by atoms with Crippen LogP contribution in [0.15, 0.2) is 0 Å². The van der Waals surface area contributed by atoms with Gasteiger partial charge in [-0.1, -0.05) is 0 Å². The van der Waals surface area contributed by atoms with Crippen molar-refractivity contribution in [3.05, 3.63) is 22.5 Å². The van der Waals surface area contributed by atoms with Crippen molar-refractivity contribution >= 4 is 5.69 Å². The number of unbranched alkanes of at least 4 members (excludes halogenated alkanes) is 2. The molecule has 0 saturated carbocycles. The molecule has 0 unspecified atom stereocenters. The van der Waals surface area contributed by atoms with Gasteiger partial charge in [-0.25, -0.2) is 0 Å². The van der Waals surface area contributed by atoms with Crippen LogP contribution in [-0.4, -0.2) is 23.2 Å². The van der Waals surface area contributed by atoms with Gasteiger partial charge in [-0.3, -0.25) is 4.98 Å². The molecule has 21 heavy (non-hydrogen) atoms. The van der Waals surface area contributed by atoms with Crippen molar-refractivity contribution in [1.82, 2.24) is 4.98 Å². The molecule has 0 amide bonds. The van der Waals surface area contributed by atoms with E-state index in [1.165, 1.54) is 79.6 Å². The summed E-state index contributed by atoms with van der Waals surface area (Å²) in [4.78, 5) is 5.00. The Morgan fingerprint density at radius 2 is 1.43 bits per heavy atom. The fourth-order valence-corrected chi connectivity index (χ4v) is 3.75. The molecular formula is C18H28N2O. The largest absolute Gasteiger partial charge is 0.396 e. The molecule has 0 spiro atoms. The van der Waals surface area contributed by atoms with Crippen molar-refractivity contribution < 1.29 is 5.11 Å². The molecule has 0 radical (unpaired) electrons. The first kappa shape index (κ1) is 14.8. The number of rotatable bonds is 6. The van der Waals surface area contributed by atoms with Gasteiger partial charge in [-0.05, 0) is 81.8 Å². The van der Waals surface area contributed by atoms with E-state index >= 15 is 0 Å². The van der Waals surface area contributed by atoms with Crippen molar-refractivity contribution in [2.24, 2.45) is 0 Å². The number of pyridine rings is 1. The summed E-state index contributed by atoms with van der Waals surface area (Å²) in [6.07, 6.45) is 13.1. The highest BCUT2D eigenvalue weighted by molar-refractivity contribution is 5.62. The molecule has 0 aliphatic heterocycles. The summed E-state index contributed by atoms with van der Waals surface area (Å²) < 4.78 is 0. The zero-order chi connectivity index (χ0) is 14.5. The number of hydrogen-bond acceptors (Lipinski definition) is 3. The Labute approximate surface area is 128 Å². The quantitative estimate of drug-likeness (QED) is 0.788. The third kappa shape index (κ3) is 3.39. The van der Waals surface area contributed by atoms with Crippen LogP contribution >= 0.6 is 0 Å². The fourth-order valence-electron chi connectivity index (χ4n) is 3.75. The Bertz CT molecular complexity index is 450. The average molecular weight is 288 g/mol. The molecule has 0 fully saturated rings. The van der Waals surface area contributed by atoms with E-state index in [9.17, 15) is 0 Å². The molecule has 3 nitrogen and oxygen atoms in total. The van der Waals surface area contributed by atoms with Crippen molar-refractivity contribution in [2.45, 2.75) is 70.6 Å². The SMILES string of the molecule is OCCCCCNc1c2c(nc3c1CCCC3)CCCC2. The number of aromatic nitrogens is 1. The maximum Gasteiger partial charge on any atom is 0.0459 e. The van der Waals surface area contributed by atoms with E-state index in [1.807, 2.05) is 0 Å². The number of aliphatic hydroxyl groups excluding tert-OH is 1. The van der Waals surface area contributed by atoms with Gasteiger partial charge >= 0.3 is 0 Å². The Morgan fingerprint density at radius 3 is 2.05 bits per heavy atom. The molecule has 1 aromatic heterocycles. The number of fused-ring (bicyclic) bond motifs is 2. The maximum absolute atomic E-state index is 8.87. The summed E-state index contributed by atoms with van der Waals surface area (Å²) in [5.41, 5.74) is 7.23. The topological polar surface area (TPSA) is 45.1 Å². The molecule has 116 valence electrons. The molecule has 0 atom stereocenters. The van der Waals surface area contributed by atoms with Gasteiger partial charge < -0.3 is 10.4 Å². The monoisotopic (exact) mass is 288 g/mol. The van der Waals surface area contributed by atoms with Crippen LogP contribution in [0.25, 0.3) is 0 Å². The molecular weight excluding hydrogens is 260 g/mol. The minimum Gasteiger partial charge on any atom is -0.396 e. The Balaban J connectivity index is 1.79. The highest BCUT2D eigenvalue weighted by atomic mass is 16.2. The number of aryl methyl sites for hydroxylation is 2. The lowest BCUT2D eigenvalue weighted by Crippen LogP contribution is -2.18. The maximum atomic E-state index is 8.87. The lowest BCUT2D eigenvalue weighted by Gasteiger charge is -2.27. The van der Waals surface area contributed by atoms with E-state index in [0.717, 1.165) is 25.8 Å². The second-order valence-corrected chi connectivity index (χ2v) is 6.46. The first-order valence-corrected chi connectivity index (χ1v) is 8.78. The predicted octanol–water partition coefficient (Wildman–Crippen LogP) is 3.41. The summed E-state index contributed by atoms with van der Waals surface area (Å²) in [5, 5.41) is 12.6. The number of aliphatic hydroxyl groups is 1. The van der Waals surface area contributed by atoms with Crippen LogP contribution in [0.2, 0.25) is 0 Å². The average Bonchev–Trinajstić information content (AvgIpc) is 2.53. The summed E-state index contributed by atoms with van der Waals surface area (Å²) >= 11 is 0. The molecule has 3 heteroatoms. The van der Waals surface area contributed by atoms with Crippen LogP contribution < -0.4 is 5.32 Å². The minimum absolute atomic E-state index is 0.319. The molecule has 0 saturated heterocycles. The molecule has 0 bridgehead atoms. The summed E-state index contributed by atoms with van der Waals surface area (Å²) in [7, 11) is 0. The molecule has 2 aliphatic carbocycles. The van der Waals surface area contributed by atoms with Crippen LogP contribution in [0, 0.1) is 0 Å². The van der Waals surface area contributed by atoms with Crippen LogP contribution in [0.5, 0.6) is 0 Å². The molecule has 1 aromatic rings. The summed E-state index contributed by atoms with van der Waals surface area (Å²) in [6.45, 7) is 1.35. The third-order valence-corrected chi connectivity index (χ3v) is 4.89. The van der Waals surface area contributed by atoms with Crippen molar-refractivity contribution in [3.8, 4) is 0 Å². The summed E-state index contributed by atoms with van der Waals surface area (Å²) in [6, 6.07) is 0. The van der Waals surface area contributed by atoms with Crippen LogP contribution in [0.4, 0.5) is 5.69 Å². The second-order valence-electron chi connectivity index (χ2n) is 6.46. The first-order valence-electron chi connectivity index (χ1n) is 8.78. The first-order chi connectivity index (χ1) is 10.4. The van der Waals surface area contributed by atoms with Crippen LogP contribution in [0.1, 0.15) is 67.5 Å². The van der Waals surface area contributed by atoms with Crippen LogP contribution in [0.3, 0.4) is 0 Å². The molecule has 1 heterocycles. The second kappa shape index (κ2) is 7.26. The van der Waals surface area contributed by atoms with E-state index in [4.69, 9.17) is 10.1 Å². The van der Waals surface area contributed by atoms with Gasteiger partial charge in [0.1, 0.15) is 0 Å². The standard InChI is InChI=1S/C18H28N2O/c21-13-7-1-6-12-19-18-14-8-2-4-10-16(14)20-17-11-5-3-9-15(17)18/h21H,1-13H2,(H,19,20). The number of nitrogens with zero attached hydrogens (tertiary/aromatic N) is 1. The highest BCUT2D eigenvalue weighted by Crippen LogP contribution is 2.35. The van der Waals surface area contributed by atoms with Gasteiger partial charge in [0.15, 0.2) is 0 Å². The van der Waals surface area contributed by atoms with E-state index in [1.54, 1.807) is 0 Å². The zero-order valence-corrected chi connectivity index (χ0v) is 13.1. The van der Waals surface area contributed by atoms with Gasteiger partial charge in [0, 0.05) is 30.2 Å². The number of hydrogen-bond donors (Lipinski definition) is 2. The van der Waals surface area contributed by atoms with Crippen molar-refractivity contribution in [2.75, 3.05) is 18.5 Å². The normalized spacial score (nSPS) is 17.2. The number of nitrogens with one attached hydrogen (secondary N) is 1. The van der Waals surface area contributed by atoms with Crippen molar-refractivity contribution in [3.63, 3.8) is 0 Å². The van der Waals surface area contributed by atoms with Crippen LogP contribution in [-0.2, 0) is 25.7 Å². The Hall–Kier alpha value is -1.09. The zero-order valence-electron chi connectivity index (χ0n) is 13.1. The van der Waals surface area contributed by atoms with Gasteiger partial charge in [0.25, 0.3) is 0 Å². The Kier molecular flexibility index (Phi) is 5.13.